The Morgan fingerprint density at radius 3 is 2.39 bits per heavy atom. The zero-order valence-corrected chi connectivity index (χ0v) is 16.4. The van der Waals surface area contributed by atoms with Crippen LogP contribution >= 0.6 is 11.3 Å². The minimum absolute atomic E-state index is 0.0180. The van der Waals surface area contributed by atoms with Crippen molar-refractivity contribution in [1.82, 2.24) is 4.98 Å². The van der Waals surface area contributed by atoms with Gasteiger partial charge in [-0.25, -0.2) is 12.8 Å². The molecule has 0 atom stereocenters. The van der Waals surface area contributed by atoms with Crippen LogP contribution in [0.15, 0.2) is 80.4 Å². The van der Waals surface area contributed by atoms with Crippen molar-refractivity contribution in [2.45, 2.75) is 16.8 Å². The van der Waals surface area contributed by atoms with Crippen LogP contribution in [0.4, 0.5) is 16.0 Å². The molecule has 28 heavy (non-hydrogen) atoms. The SMILES string of the molecule is Cc1ccc(S(=O)(=O)c2nc(-c3cccs3)oc2Nc2ccc(F)cc2)cc1. The van der Waals surface area contributed by atoms with Gasteiger partial charge in [0.05, 0.1) is 9.77 Å². The van der Waals surface area contributed by atoms with Crippen LogP contribution in [0.2, 0.25) is 0 Å². The van der Waals surface area contributed by atoms with Gasteiger partial charge in [-0.3, -0.25) is 0 Å². The number of benzene rings is 2. The van der Waals surface area contributed by atoms with E-state index in [0.717, 1.165) is 5.56 Å². The number of rotatable bonds is 5. The van der Waals surface area contributed by atoms with Gasteiger partial charge in [0.15, 0.2) is 0 Å². The third-order valence-electron chi connectivity index (χ3n) is 4.02. The van der Waals surface area contributed by atoms with Crippen molar-refractivity contribution in [3.63, 3.8) is 0 Å². The molecule has 0 saturated carbocycles. The summed E-state index contributed by atoms with van der Waals surface area (Å²) in [4.78, 5) is 5.07. The van der Waals surface area contributed by atoms with E-state index in [-0.39, 0.29) is 21.7 Å². The van der Waals surface area contributed by atoms with Crippen molar-refractivity contribution in [3.05, 3.63) is 77.4 Å². The maximum atomic E-state index is 13.2. The van der Waals surface area contributed by atoms with Gasteiger partial charge in [-0.2, -0.15) is 4.98 Å². The lowest BCUT2D eigenvalue weighted by atomic mass is 10.2. The number of thiophene rings is 1. The van der Waals surface area contributed by atoms with E-state index < -0.39 is 15.7 Å². The van der Waals surface area contributed by atoms with Gasteiger partial charge in [-0.1, -0.05) is 23.8 Å². The summed E-state index contributed by atoms with van der Waals surface area (Å²) in [5.74, 6) is -0.212. The van der Waals surface area contributed by atoms with Crippen molar-refractivity contribution < 1.29 is 17.2 Å². The Hall–Kier alpha value is -2.97. The highest BCUT2D eigenvalue weighted by Crippen LogP contribution is 2.35. The number of sulfone groups is 1. The number of halogens is 1. The molecule has 8 heteroatoms. The third kappa shape index (κ3) is 3.56. The normalized spacial score (nSPS) is 11.5. The van der Waals surface area contributed by atoms with Gasteiger partial charge < -0.3 is 9.73 Å². The first-order valence-electron chi connectivity index (χ1n) is 8.32. The molecule has 4 aromatic rings. The van der Waals surface area contributed by atoms with Gasteiger partial charge in [-0.15, -0.1) is 11.3 Å². The van der Waals surface area contributed by atoms with Crippen LogP contribution < -0.4 is 5.32 Å². The maximum absolute atomic E-state index is 13.2. The summed E-state index contributed by atoms with van der Waals surface area (Å²) in [6, 6.07) is 15.7. The molecule has 0 unspecified atom stereocenters. The molecule has 0 amide bonds. The Labute approximate surface area is 165 Å². The number of anilines is 2. The molecular weight excluding hydrogens is 399 g/mol. The molecule has 5 nitrogen and oxygen atoms in total. The molecule has 0 bridgehead atoms. The standard InChI is InChI=1S/C20H15FN2O3S2/c1-13-4-10-16(11-5-13)28(24,25)20-19(22-15-8-6-14(21)7-9-15)26-18(23-20)17-3-2-12-27-17/h2-12,22H,1H3. The molecule has 0 aliphatic rings. The van der Waals surface area contributed by atoms with Gasteiger partial charge in [0.25, 0.3) is 0 Å². The van der Waals surface area contributed by atoms with Gasteiger partial charge >= 0.3 is 0 Å². The second-order valence-electron chi connectivity index (χ2n) is 6.08. The monoisotopic (exact) mass is 414 g/mol. The molecule has 0 fully saturated rings. The highest BCUT2D eigenvalue weighted by atomic mass is 32.2. The largest absolute Gasteiger partial charge is 0.418 e. The molecule has 142 valence electrons. The van der Waals surface area contributed by atoms with Crippen LogP contribution in [0, 0.1) is 12.7 Å². The lowest BCUT2D eigenvalue weighted by Crippen LogP contribution is -2.05. The molecule has 1 N–H and O–H groups in total. The minimum atomic E-state index is -3.92. The summed E-state index contributed by atoms with van der Waals surface area (Å²) in [6.45, 7) is 1.88. The first kappa shape index (κ1) is 18.4. The fourth-order valence-corrected chi connectivity index (χ4v) is 4.47. The Balaban J connectivity index is 1.82. The average molecular weight is 414 g/mol. The fraction of sp³-hybridized carbons (Fsp3) is 0.0500. The summed E-state index contributed by atoms with van der Waals surface area (Å²) >= 11 is 1.39. The predicted octanol–water partition coefficient (Wildman–Crippen LogP) is 5.43. The Morgan fingerprint density at radius 2 is 1.75 bits per heavy atom. The molecule has 0 spiro atoms. The van der Waals surface area contributed by atoms with Crippen molar-refractivity contribution >= 4 is 32.7 Å². The highest BCUT2D eigenvalue weighted by molar-refractivity contribution is 7.91. The van der Waals surface area contributed by atoms with E-state index in [4.69, 9.17) is 4.42 Å². The second-order valence-corrected chi connectivity index (χ2v) is 8.89. The number of aromatic nitrogens is 1. The fourth-order valence-electron chi connectivity index (χ4n) is 2.57. The smallest absolute Gasteiger partial charge is 0.240 e. The number of nitrogens with one attached hydrogen (secondary N) is 1. The summed E-state index contributed by atoms with van der Waals surface area (Å²) in [5, 5.41) is 4.53. The summed E-state index contributed by atoms with van der Waals surface area (Å²) in [7, 11) is -3.92. The van der Waals surface area contributed by atoms with Crippen LogP contribution in [0.5, 0.6) is 0 Å². The molecule has 2 aromatic heterocycles. The van der Waals surface area contributed by atoms with Gasteiger partial charge in [0, 0.05) is 5.69 Å². The zero-order valence-electron chi connectivity index (χ0n) is 14.7. The van der Waals surface area contributed by atoms with Crippen LogP contribution in [0.25, 0.3) is 10.8 Å². The summed E-state index contributed by atoms with van der Waals surface area (Å²) in [6.07, 6.45) is 0. The lowest BCUT2D eigenvalue weighted by Gasteiger charge is -2.06. The maximum Gasteiger partial charge on any atom is 0.240 e. The second kappa shape index (κ2) is 7.21. The first-order valence-corrected chi connectivity index (χ1v) is 10.7. The minimum Gasteiger partial charge on any atom is -0.418 e. The molecule has 2 heterocycles. The van der Waals surface area contributed by atoms with Crippen molar-refractivity contribution in [2.24, 2.45) is 0 Å². The van der Waals surface area contributed by atoms with E-state index in [1.165, 1.54) is 47.7 Å². The van der Waals surface area contributed by atoms with Gasteiger partial charge in [0.1, 0.15) is 5.82 Å². The number of aryl methyl sites for hydroxylation is 1. The molecule has 0 saturated heterocycles. The average Bonchev–Trinajstić information content (AvgIpc) is 3.34. The van der Waals surface area contributed by atoms with E-state index in [1.54, 1.807) is 18.2 Å². The van der Waals surface area contributed by atoms with Crippen LogP contribution in [-0.2, 0) is 9.84 Å². The number of nitrogens with zero attached hydrogens (tertiary/aromatic N) is 1. The highest BCUT2D eigenvalue weighted by Gasteiger charge is 2.29. The molecular formula is C20H15FN2O3S2. The Morgan fingerprint density at radius 1 is 1.04 bits per heavy atom. The van der Waals surface area contributed by atoms with Crippen molar-refractivity contribution in [1.29, 1.82) is 0 Å². The Kier molecular flexibility index (Phi) is 4.74. The summed E-state index contributed by atoms with van der Waals surface area (Å²) in [5.41, 5.74) is 1.43. The molecule has 0 radical (unpaired) electrons. The van der Waals surface area contributed by atoms with E-state index in [1.807, 2.05) is 18.4 Å². The lowest BCUT2D eigenvalue weighted by molar-refractivity contribution is 0.582. The first-order chi connectivity index (χ1) is 13.4. The number of oxazole rings is 1. The van der Waals surface area contributed by atoms with Crippen LogP contribution in [0.3, 0.4) is 0 Å². The summed E-state index contributed by atoms with van der Waals surface area (Å²) < 4.78 is 45.3. The quantitative estimate of drug-likeness (QED) is 0.472. The van der Waals surface area contributed by atoms with Crippen molar-refractivity contribution in [3.8, 4) is 10.8 Å². The van der Waals surface area contributed by atoms with Crippen molar-refractivity contribution in [2.75, 3.05) is 5.32 Å². The number of hydrogen-bond donors (Lipinski definition) is 1. The molecule has 0 aliphatic heterocycles. The number of hydrogen-bond acceptors (Lipinski definition) is 6. The predicted molar refractivity (Wildman–Crippen MR) is 106 cm³/mol. The van der Waals surface area contributed by atoms with Gasteiger partial charge in [0.2, 0.25) is 26.6 Å². The van der Waals surface area contributed by atoms with E-state index in [2.05, 4.69) is 10.3 Å². The zero-order chi connectivity index (χ0) is 19.7. The molecule has 0 aliphatic carbocycles. The third-order valence-corrected chi connectivity index (χ3v) is 6.55. The molecule has 4 rings (SSSR count). The van der Waals surface area contributed by atoms with E-state index >= 15 is 0 Å². The molecule has 2 aromatic carbocycles. The van der Waals surface area contributed by atoms with Gasteiger partial charge in [-0.05, 0) is 54.8 Å². The van der Waals surface area contributed by atoms with E-state index in [9.17, 15) is 12.8 Å². The van der Waals surface area contributed by atoms with E-state index in [0.29, 0.717) is 10.6 Å². The topological polar surface area (TPSA) is 72.2 Å². The van der Waals surface area contributed by atoms with Crippen LogP contribution in [-0.4, -0.2) is 13.4 Å². The van der Waals surface area contributed by atoms with Crippen LogP contribution in [0.1, 0.15) is 5.56 Å². The Bertz CT molecular complexity index is 1200.